The molecule has 0 bridgehead atoms. The van der Waals surface area contributed by atoms with Gasteiger partial charge in [0, 0.05) is 24.0 Å². The number of hydrogen-bond acceptors (Lipinski definition) is 4. The fraction of sp³-hybridized carbons (Fsp3) is 0.286. The first-order chi connectivity index (χ1) is 8.78. The predicted octanol–water partition coefficient (Wildman–Crippen LogP) is 2.49. The smallest absolute Gasteiger partial charge is 0.233 e. The van der Waals surface area contributed by atoms with E-state index in [4.69, 9.17) is 4.74 Å². The van der Waals surface area contributed by atoms with Gasteiger partial charge in [-0.2, -0.15) is 4.98 Å². The molecule has 0 fully saturated rings. The molecule has 1 aliphatic heterocycles. The van der Waals surface area contributed by atoms with Crippen molar-refractivity contribution in [2.45, 2.75) is 13.3 Å². The van der Waals surface area contributed by atoms with E-state index in [1.54, 1.807) is 7.11 Å². The third-order valence-electron chi connectivity index (χ3n) is 3.16. The van der Waals surface area contributed by atoms with Crippen LogP contribution in [0, 0.1) is 6.92 Å². The Bertz CT molecular complexity index is 583. The number of methoxy groups -OCH3 is 1. The molecule has 2 aromatic rings. The van der Waals surface area contributed by atoms with Crippen LogP contribution in [0.4, 0.5) is 11.6 Å². The summed E-state index contributed by atoms with van der Waals surface area (Å²) in [5, 5.41) is 0. The van der Waals surface area contributed by atoms with Gasteiger partial charge in [0.25, 0.3) is 0 Å². The molecular weight excluding hydrogens is 226 g/mol. The predicted molar refractivity (Wildman–Crippen MR) is 70.5 cm³/mol. The first kappa shape index (κ1) is 11.0. The van der Waals surface area contributed by atoms with E-state index >= 15 is 0 Å². The maximum atomic E-state index is 5.21. The fourth-order valence-corrected chi connectivity index (χ4v) is 2.30. The minimum atomic E-state index is 0.613. The monoisotopic (exact) mass is 241 g/mol. The van der Waals surface area contributed by atoms with E-state index in [0.717, 1.165) is 24.6 Å². The summed E-state index contributed by atoms with van der Waals surface area (Å²) in [6.07, 6.45) is 1.04. The lowest BCUT2D eigenvalue weighted by molar-refractivity contribution is 0.396. The number of aromatic nitrogens is 2. The van der Waals surface area contributed by atoms with Gasteiger partial charge in [-0.25, -0.2) is 4.98 Å². The van der Waals surface area contributed by atoms with Crippen LogP contribution in [-0.4, -0.2) is 23.6 Å². The highest BCUT2D eigenvalue weighted by molar-refractivity contribution is 5.65. The molecule has 0 unspecified atom stereocenters. The molecule has 18 heavy (non-hydrogen) atoms. The van der Waals surface area contributed by atoms with Crippen LogP contribution < -0.4 is 9.64 Å². The van der Waals surface area contributed by atoms with Gasteiger partial charge in [-0.3, -0.25) is 0 Å². The number of aryl methyl sites for hydroxylation is 1. The minimum Gasteiger partial charge on any atom is -0.481 e. The molecular formula is C14H15N3O. The van der Waals surface area contributed by atoms with Gasteiger partial charge in [0.2, 0.25) is 11.8 Å². The van der Waals surface area contributed by atoms with Gasteiger partial charge >= 0.3 is 0 Å². The molecule has 0 spiro atoms. The van der Waals surface area contributed by atoms with Crippen LogP contribution in [0.25, 0.3) is 0 Å². The number of anilines is 2. The van der Waals surface area contributed by atoms with Crippen molar-refractivity contribution >= 4 is 11.6 Å². The van der Waals surface area contributed by atoms with Gasteiger partial charge in [-0.15, -0.1) is 0 Å². The Balaban J connectivity index is 2.04. The first-order valence-corrected chi connectivity index (χ1v) is 6.03. The lowest BCUT2D eigenvalue weighted by atomic mass is 10.2. The minimum absolute atomic E-state index is 0.613. The highest BCUT2D eigenvalue weighted by Crippen LogP contribution is 2.32. The molecule has 0 atom stereocenters. The van der Waals surface area contributed by atoms with Crippen molar-refractivity contribution < 1.29 is 4.74 Å². The third kappa shape index (κ3) is 1.79. The Hall–Kier alpha value is -2.10. The van der Waals surface area contributed by atoms with Crippen molar-refractivity contribution in [3.05, 3.63) is 41.6 Å². The van der Waals surface area contributed by atoms with Crippen LogP contribution in [0.1, 0.15) is 11.3 Å². The summed E-state index contributed by atoms with van der Waals surface area (Å²) in [6.45, 7) is 2.88. The summed E-state index contributed by atoms with van der Waals surface area (Å²) in [5.74, 6) is 1.33. The van der Waals surface area contributed by atoms with Crippen LogP contribution in [0.2, 0.25) is 0 Å². The van der Waals surface area contributed by atoms with Crippen molar-refractivity contribution in [3.8, 4) is 5.88 Å². The number of rotatable bonds is 2. The zero-order valence-electron chi connectivity index (χ0n) is 10.6. The van der Waals surface area contributed by atoms with Crippen LogP contribution in [0.3, 0.4) is 0 Å². The van der Waals surface area contributed by atoms with E-state index < -0.39 is 0 Å². The van der Waals surface area contributed by atoms with Crippen LogP contribution in [0.15, 0.2) is 30.3 Å². The number of para-hydroxylation sites is 1. The standard InChI is InChI=1S/C14H15N3O/c1-10-9-13(18-2)16-14(15-10)17-8-7-11-5-3-4-6-12(11)17/h3-6,9H,7-8H2,1-2H3. The number of fused-ring (bicyclic) bond motifs is 1. The maximum absolute atomic E-state index is 5.21. The number of hydrogen-bond donors (Lipinski definition) is 0. The summed E-state index contributed by atoms with van der Waals surface area (Å²) < 4.78 is 5.21. The average Bonchev–Trinajstić information content (AvgIpc) is 2.81. The Morgan fingerprint density at radius 1 is 1.22 bits per heavy atom. The van der Waals surface area contributed by atoms with Gasteiger partial charge < -0.3 is 9.64 Å². The molecule has 3 rings (SSSR count). The van der Waals surface area contributed by atoms with Crippen molar-refractivity contribution in [1.82, 2.24) is 9.97 Å². The quantitative estimate of drug-likeness (QED) is 0.809. The molecule has 0 saturated carbocycles. The first-order valence-electron chi connectivity index (χ1n) is 6.03. The van der Waals surface area contributed by atoms with E-state index in [2.05, 4.69) is 33.1 Å². The molecule has 0 amide bonds. The Morgan fingerprint density at radius 2 is 2.06 bits per heavy atom. The lowest BCUT2D eigenvalue weighted by Gasteiger charge is -2.17. The van der Waals surface area contributed by atoms with Crippen molar-refractivity contribution in [2.24, 2.45) is 0 Å². The molecule has 4 heteroatoms. The van der Waals surface area contributed by atoms with E-state index in [1.807, 2.05) is 19.1 Å². The van der Waals surface area contributed by atoms with Crippen LogP contribution in [0.5, 0.6) is 5.88 Å². The highest BCUT2D eigenvalue weighted by Gasteiger charge is 2.22. The highest BCUT2D eigenvalue weighted by atomic mass is 16.5. The average molecular weight is 241 g/mol. The summed E-state index contributed by atoms with van der Waals surface area (Å²) in [4.78, 5) is 11.1. The molecule has 0 N–H and O–H groups in total. The second-order valence-corrected chi connectivity index (χ2v) is 4.38. The normalized spacial score (nSPS) is 13.6. The Morgan fingerprint density at radius 3 is 2.89 bits per heavy atom. The molecule has 1 aromatic carbocycles. The van der Waals surface area contributed by atoms with Crippen LogP contribution in [-0.2, 0) is 6.42 Å². The van der Waals surface area contributed by atoms with Gasteiger partial charge in [-0.1, -0.05) is 18.2 Å². The second-order valence-electron chi connectivity index (χ2n) is 4.38. The molecule has 0 aliphatic carbocycles. The molecule has 0 saturated heterocycles. The van der Waals surface area contributed by atoms with Crippen LogP contribution >= 0.6 is 0 Å². The topological polar surface area (TPSA) is 38.2 Å². The number of nitrogens with zero attached hydrogens (tertiary/aromatic N) is 3. The maximum Gasteiger partial charge on any atom is 0.233 e. The molecule has 1 aromatic heterocycles. The van der Waals surface area contributed by atoms with E-state index in [1.165, 1.54) is 11.3 Å². The van der Waals surface area contributed by atoms with Gasteiger partial charge in [-0.05, 0) is 25.0 Å². The lowest BCUT2D eigenvalue weighted by Crippen LogP contribution is -2.17. The molecule has 0 radical (unpaired) electrons. The summed E-state index contributed by atoms with van der Waals surface area (Å²) in [7, 11) is 1.63. The van der Waals surface area contributed by atoms with Gasteiger partial charge in [0.05, 0.1) is 7.11 Å². The molecule has 1 aliphatic rings. The van der Waals surface area contributed by atoms with E-state index in [9.17, 15) is 0 Å². The number of benzene rings is 1. The zero-order chi connectivity index (χ0) is 12.5. The van der Waals surface area contributed by atoms with Gasteiger partial charge in [0.15, 0.2) is 0 Å². The van der Waals surface area contributed by atoms with Crippen molar-refractivity contribution in [2.75, 3.05) is 18.6 Å². The summed E-state index contributed by atoms with van der Waals surface area (Å²) in [6, 6.07) is 10.2. The largest absolute Gasteiger partial charge is 0.481 e. The number of ether oxygens (including phenoxy) is 1. The third-order valence-corrected chi connectivity index (χ3v) is 3.16. The van der Waals surface area contributed by atoms with Crippen molar-refractivity contribution in [3.63, 3.8) is 0 Å². The summed E-state index contributed by atoms with van der Waals surface area (Å²) >= 11 is 0. The Labute approximate surface area is 106 Å². The molecule has 4 nitrogen and oxygen atoms in total. The molecule has 2 heterocycles. The Kier molecular flexibility index (Phi) is 2.63. The van der Waals surface area contributed by atoms with Gasteiger partial charge in [0.1, 0.15) is 0 Å². The van der Waals surface area contributed by atoms with E-state index in [-0.39, 0.29) is 0 Å². The fourth-order valence-electron chi connectivity index (χ4n) is 2.30. The zero-order valence-corrected chi connectivity index (χ0v) is 10.6. The molecule has 92 valence electrons. The van der Waals surface area contributed by atoms with Crippen molar-refractivity contribution in [1.29, 1.82) is 0 Å². The SMILES string of the molecule is COc1cc(C)nc(N2CCc3ccccc32)n1. The second kappa shape index (κ2) is 4.29. The van der Waals surface area contributed by atoms with E-state index in [0.29, 0.717) is 5.88 Å². The summed E-state index contributed by atoms with van der Waals surface area (Å²) in [5.41, 5.74) is 3.47.